The van der Waals surface area contributed by atoms with Gasteiger partial charge in [-0.2, -0.15) is 0 Å². The van der Waals surface area contributed by atoms with E-state index in [0.29, 0.717) is 18.2 Å². The maximum Gasteiger partial charge on any atom is 0.166 e. The number of Topliss-reactive ketones (excluding diaryl/α,β-unsaturated/α-hetero) is 1. The van der Waals surface area contributed by atoms with Crippen LogP contribution in [0.2, 0.25) is 0 Å². The Morgan fingerprint density at radius 1 is 0.893 bits per heavy atom. The van der Waals surface area contributed by atoms with Gasteiger partial charge in [-0.1, -0.05) is 56.7 Å². The molecule has 3 aliphatic rings. The molecule has 2 saturated carbocycles. The SMILES string of the molecule is O=C(C1=CCC=C1C(=NCc1ccccn1)C1CCCCC1)C1CCCCC1. The fourth-order valence-electron chi connectivity index (χ4n) is 5.04. The first-order valence-corrected chi connectivity index (χ1v) is 11.2. The van der Waals surface area contributed by atoms with Gasteiger partial charge in [0, 0.05) is 34.9 Å². The summed E-state index contributed by atoms with van der Waals surface area (Å²) in [6.07, 6.45) is 19.2. The van der Waals surface area contributed by atoms with Gasteiger partial charge >= 0.3 is 0 Å². The molecule has 0 unspecified atom stereocenters. The van der Waals surface area contributed by atoms with E-state index >= 15 is 0 Å². The summed E-state index contributed by atoms with van der Waals surface area (Å²) in [4.78, 5) is 22.8. The van der Waals surface area contributed by atoms with Crippen LogP contribution in [-0.4, -0.2) is 16.5 Å². The lowest BCUT2D eigenvalue weighted by Crippen LogP contribution is -2.26. The Bertz CT molecular complexity index is 763. The molecule has 0 N–H and O–H groups in total. The predicted octanol–water partition coefficient (Wildman–Crippen LogP) is 6.01. The second kappa shape index (κ2) is 9.45. The third-order valence-corrected chi connectivity index (χ3v) is 6.58. The van der Waals surface area contributed by atoms with Crippen molar-refractivity contribution < 1.29 is 4.79 Å². The van der Waals surface area contributed by atoms with Gasteiger partial charge in [-0.15, -0.1) is 0 Å². The van der Waals surface area contributed by atoms with Crippen LogP contribution in [0.1, 0.15) is 76.3 Å². The minimum Gasteiger partial charge on any atom is -0.294 e. The highest BCUT2D eigenvalue weighted by Gasteiger charge is 2.31. The summed E-state index contributed by atoms with van der Waals surface area (Å²) in [5.41, 5.74) is 4.30. The Kier molecular flexibility index (Phi) is 6.51. The Balaban J connectivity index is 1.57. The molecule has 0 saturated heterocycles. The van der Waals surface area contributed by atoms with E-state index in [1.165, 1.54) is 57.1 Å². The first kappa shape index (κ1) is 19.3. The van der Waals surface area contributed by atoms with Gasteiger partial charge in [0.15, 0.2) is 5.78 Å². The molecule has 3 heteroatoms. The van der Waals surface area contributed by atoms with E-state index in [0.717, 1.165) is 36.1 Å². The van der Waals surface area contributed by atoms with Crippen LogP contribution in [0.4, 0.5) is 0 Å². The topological polar surface area (TPSA) is 42.3 Å². The first-order valence-electron chi connectivity index (χ1n) is 11.2. The summed E-state index contributed by atoms with van der Waals surface area (Å²) in [7, 11) is 0. The average molecular weight is 377 g/mol. The minimum absolute atomic E-state index is 0.227. The van der Waals surface area contributed by atoms with Crippen LogP contribution in [0.15, 0.2) is 52.7 Å². The molecular formula is C25H32N2O. The zero-order valence-electron chi connectivity index (χ0n) is 16.9. The summed E-state index contributed by atoms with van der Waals surface area (Å²) in [6.45, 7) is 0.606. The number of carbonyl (C=O) groups is 1. The standard InChI is InChI=1S/C25H32N2O/c28-25(20-12-5-2-6-13-20)23-16-9-15-22(23)24(19-10-3-1-4-11-19)27-18-21-14-7-8-17-26-21/h7-8,14-17,19-20H,1-6,9-13,18H2. The number of pyridine rings is 1. The fraction of sp³-hybridized carbons (Fsp3) is 0.560. The highest BCUT2D eigenvalue weighted by molar-refractivity contribution is 6.16. The molecule has 0 amide bonds. The second-order valence-electron chi connectivity index (χ2n) is 8.53. The van der Waals surface area contributed by atoms with Gasteiger partial charge in [0.2, 0.25) is 0 Å². The largest absolute Gasteiger partial charge is 0.294 e. The van der Waals surface area contributed by atoms with Gasteiger partial charge in [-0.05, 0) is 44.2 Å². The molecule has 0 aromatic carbocycles. The number of carbonyl (C=O) groups excluding carboxylic acids is 1. The van der Waals surface area contributed by atoms with Crippen molar-refractivity contribution in [1.82, 2.24) is 4.98 Å². The van der Waals surface area contributed by atoms with Crippen molar-refractivity contribution in [3.8, 4) is 0 Å². The summed E-state index contributed by atoms with van der Waals surface area (Å²) < 4.78 is 0. The van der Waals surface area contributed by atoms with Gasteiger partial charge in [0.05, 0.1) is 12.2 Å². The Morgan fingerprint density at radius 2 is 1.57 bits per heavy atom. The predicted molar refractivity (Wildman–Crippen MR) is 114 cm³/mol. The Morgan fingerprint density at radius 3 is 2.25 bits per heavy atom. The normalized spacial score (nSPS) is 22.1. The van der Waals surface area contributed by atoms with E-state index in [1.807, 2.05) is 24.4 Å². The molecule has 4 rings (SSSR count). The van der Waals surface area contributed by atoms with Crippen molar-refractivity contribution >= 4 is 11.5 Å². The van der Waals surface area contributed by atoms with Crippen molar-refractivity contribution in [2.75, 3.05) is 0 Å². The van der Waals surface area contributed by atoms with E-state index in [4.69, 9.17) is 4.99 Å². The van der Waals surface area contributed by atoms with Crippen molar-refractivity contribution in [1.29, 1.82) is 0 Å². The molecule has 0 aliphatic heterocycles. The van der Waals surface area contributed by atoms with E-state index in [-0.39, 0.29) is 5.92 Å². The number of hydrogen-bond donors (Lipinski definition) is 0. The van der Waals surface area contributed by atoms with Crippen LogP contribution < -0.4 is 0 Å². The zero-order chi connectivity index (χ0) is 19.2. The van der Waals surface area contributed by atoms with Gasteiger partial charge in [0.25, 0.3) is 0 Å². The highest BCUT2D eigenvalue weighted by Crippen LogP contribution is 2.35. The van der Waals surface area contributed by atoms with Crippen LogP contribution >= 0.6 is 0 Å². The molecular weight excluding hydrogens is 344 g/mol. The molecule has 0 spiro atoms. The zero-order valence-corrected chi connectivity index (χ0v) is 16.9. The number of nitrogens with zero attached hydrogens (tertiary/aromatic N) is 2. The monoisotopic (exact) mass is 376 g/mol. The summed E-state index contributed by atoms with van der Waals surface area (Å²) in [5.74, 6) is 1.10. The van der Waals surface area contributed by atoms with Crippen molar-refractivity contribution in [2.24, 2.45) is 16.8 Å². The van der Waals surface area contributed by atoms with Crippen molar-refractivity contribution in [3.05, 3.63) is 53.4 Å². The molecule has 28 heavy (non-hydrogen) atoms. The molecule has 1 aromatic heterocycles. The number of aliphatic imine (C=N–C) groups is 1. The summed E-state index contributed by atoms with van der Waals surface area (Å²) >= 11 is 0. The Hall–Kier alpha value is -2.03. The maximum absolute atomic E-state index is 13.3. The third kappa shape index (κ3) is 4.51. The van der Waals surface area contributed by atoms with Gasteiger partial charge in [0.1, 0.15) is 0 Å². The summed E-state index contributed by atoms with van der Waals surface area (Å²) in [6, 6.07) is 6.00. The molecule has 148 valence electrons. The van der Waals surface area contributed by atoms with Gasteiger partial charge in [-0.25, -0.2) is 0 Å². The maximum atomic E-state index is 13.3. The third-order valence-electron chi connectivity index (χ3n) is 6.58. The number of ketones is 1. The molecule has 0 radical (unpaired) electrons. The minimum atomic E-state index is 0.227. The van der Waals surface area contributed by atoms with E-state index in [2.05, 4.69) is 17.1 Å². The Labute approximate surface area is 169 Å². The smallest absolute Gasteiger partial charge is 0.166 e. The van der Waals surface area contributed by atoms with E-state index < -0.39 is 0 Å². The van der Waals surface area contributed by atoms with Gasteiger partial charge < -0.3 is 0 Å². The lowest BCUT2D eigenvalue weighted by Gasteiger charge is -2.27. The van der Waals surface area contributed by atoms with Crippen molar-refractivity contribution in [3.63, 3.8) is 0 Å². The highest BCUT2D eigenvalue weighted by atomic mass is 16.1. The van der Waals surface area contributed by atoms with Crippen LogP contribution in [0.3, 0.4) is 0 Å². The van der Waals surface area contributed by atoms with Crippen molar-refractivity contribution in [2.45, 2.75) is 77.2 Å². The molecule has 3 aliphatic carbocycles. The number of allylic oxidation sites excluding steroid dienone is 4. The summed E-state index contributed by atoms with van der Waals surface area (Å²) in [5, 5.41) is 0. The fourth-order valence-corrected chi connectivity index (χ4v) is 5.04. The lowest BCUT2D eigenvalue weighted by atomic mass is 9.78. The molecule has 3 nitrogen and oxygen atoms in total. The van der Waals surface area contributed by atoms with E-state index in [1.54, 1.807) is 0 Å². The van der Waals surface area contributed by atoms with Crippen LogP contribution in [0, 0.1) is 11.8 Å². The van der Waals surface area contributed by atoms with Crippen LogP contribution in [0.25, 0.3) is 0 Å². The van der Waals surface area contributed by atoms with Crippen LogP contribution in [0.5, 0.6) is 0 Å². The first-order chi connectivity index (χ1) is 13.8. The van der Waals surface area contributed by atoms with E-state index in [9.17, 15) is 4.79 Å². The molecule has 0 bridgehead atoms. The number of hydrogen-bond acceptors (Lipinski definition) is 3. The number of aromatic nitrogens is 1. The van der Waals surface area contributed by atoms with Gasteiger partial charge in [-0.3, -0.25) is 14.8 Å². The number of rotatable bonds is 6. The van der Waals surface area contributed by atoms with Crippen LogP contribution in [-0.2, 0) is 11.3 Å². The molecule has 2 fully saturated rings. The molecule has 1 aromatic rings. The molecule has 0 atom stereocenters. The molecule has 1 heterocycles. The average Bonchev–Trinajstić information content (AvgIpc) is 3.25. The second-order valence-corrected chi connectivity index (χ2v) is 8.53. The lowest BCUT2D eigenvalue weighted by molar-refractivity contribution is -0.119. The quantitative estimate of drug-likeness (QED) is 0.571.